The molecule has 0 spiro atoms. The number of hydrogen-bond acceptors (Lipinski definition) is 4. The van der Waals surface area contributed by atoms with Crippen molar-refractivity contribution in [3.8, 4) is 0 Å². The van der Waals surface area contributed by atoms with Gasteiger partial charge in [-0.25, -0.2) is 0 Å². The summed E-state index contributed by atoms with van der Waals surface area (Å²) in [6, 6.07) is 9.07. The number of piperidine rings is 1. The van der Waals surface area contributed by atoms with E-state index in [2.05, 4.69) is 64.6 Å². The number of nitrogens with one attached hydrogen (secondary N) is 1. The van der Waals surface area contributed by atoms with E-state index in [0.717, 1.165) is 31.0 Å². The van der Waals surface area contributed by atoms with Gasteiger partial charge in [0.05, 0.1) is 0 Å². The summed E-state index contributed by atoms with van der Waals surface area (Å²) >= 11 is 6.86. The quantitative estimate of drug-likeness (QED) is 0.401. The van der Waals surface area contributed by atoms with Gasteiger partial charge in [0.2, 0.25) is 0 Å². The van der Waals surface area contributed by atoms with Gasteiger partial charge in [0.15, 0.2) is 10.3 Å². The van der Waals surface area contributed by atoms with Gasteiger partial charge in [0, 0.05) is 36.3 Å². The Morgan fingerprint density at radius 1 is 1.20 bits per heavy atom. The fourth-order valence-electron chi connectivity index (χ4n) is 3.58. The van der Waals surface area contributed by atoms with E-state index < -0.39 is 0 Å². The summed E-state index contributed by atoms with van der Waals surface area (Å²) in [6.45, 7) is 2.18. The molecule has 0 radical (unpaired) electrons. The topological polar surface area (TPSA) is 56.9 Å². The first-order valence-corrected chi connectivity index (χ1v) is 11.7. The third-order valence-electron chi connectivity index (χ3n) is 5.37. The Morgan fingerprint density at radius 3 is 2.63 bits per heavy atom. The van der Waals surface area contributed by atoms with Crippen LogP contribution in [0.2, 0.25) is 0 Å². The van der Waals surface area contributed by atoms with Gasteiger partial charge in [-0.15, -0.1) is 0 Å². The fourth-order valence-corrected chi connectivity index (χ4v) is 4.55. The number of benzene rings is 1. The number of allylic oxidation sites excluding steroid dienone is 5. The lowest BCUT2D eigenvalue weighted by atomic mass is 10.0. The summed E-state index contributed by atoms with van der Waals surface area (Å²) in [6.07, 6.45) is 13.7. The summed E-state index contributed by atoms with van der Waals surface area (Å²) in [5.74, 6) is 0.811. The van der Waals surface area contributed by atoms with Crippen LogP contribution in [0.3, 0.4) is 0 Å². The molecule has 3 rings (SSSR count). The van der Waals surface area contributed by atoms with Crippen molar-refractivity contribution < 1.29 is 0 Å². The number of aliphatic imine (C=N–C) groups is 1. The highest BCUT2D eigenvalue weighted by atomic mass is 32.2. The van der Waals surface area contributed by atoms with Crippen molar-refractivity contribution in [2.75, 3.05) is 43.2 Å². The second-order valence-electron chi connectivity index (χ2n) is 7.74. The molecule has 1 aromatic carbocycles. The van der Waals surface area contributed by atoms with Gasteiger partial charge in [-0.3, -0.25) is 0 Å². The standard InChI is InChI=1S/C23H31N5S2/c1-27(2)20-13-15-28(16-14-20)21-11-9-19(10-12-21)25-23(29)26-22(24)30-17-18-7-5-3-4-6-8-18/h3-7,9-12,20H,8,13-17H2,1-2H3,(H3,24,25,26,29). The number of amidine groups is 1. The van der Waals surface area contributed by atoms with E-state index in [1.165, 1.54) is 35.9 Å². The number of nitrogens with two attached hydrogens (primary N) is 1. The SMILES string of the molecule is CN(C)C1CCN(c2ccc(NC(=S)N=C(N)SCC3=CC=CC=CC3)cc2)CC1. The highest BCUT2D eigenvalue weighted by Crippen LogP contribution is 2.23. The van der Waals surface area contributed by atoms with Crippen molar-refractivity contribution in [1.29, 1.82) is 0 Å². The summed E-state index contributed by atoms with van der Waals surface area (Å²) in [7, 11) is 4.33. The van der Waals surface area contributed by atoms with Crippen molar-refractivity contribution in [3.63, 3.8) is 0 Å². The van der Waals surface area contributed by atoms with Crippen LogP contribution in [0.5, 0.6) is 0 Å². The van der Waals surface area contributed by atoms with Gasteiger partial charge in [-0.05, 0) is 69.8 Å². The summed E-state index contributed by atoms with van der Waals surface area (Å²) in [4.78, 5) is 9.09. The molecule has 0 amide bonds. The molecule has 0 atom stereocenters. The molecular formula is C23H31N5S2. The molecule has 1 saturated heterocycles. The Morgan fingerprint density at radius 2 is 1.93 bits per heavy atom. The highest BCUT2D eigenvalue weighted by molar-refractivity contribution is 8.14. The third kappa shape index (κ3) is 7.00. The average Bonchev–Trinajstić information content (AvgIpc) is 3.02. The average molecular weight is 442 g/mol. The molecule has 5 nitrogen and oxygen atoms in total. The first-order valence-electron chi connectivity index (χ1n) is 10.3. The van der Waals surface area contributed by atoms with Crippen molar-refractivity contribution in [2.24, 2.45) is 10.7 Å². The lowest BCUT2D eigenvalue weighted by molar-refractivity contribution is 0.249. The number of hydrogen-bond donors (Lipinski definition) is 2. The minimum absolute atomic E-state index is 0.384. The van der Waals surface area contributed by atoms with Crippen LogP contribution in [0.4, 0.5) is 11.4 Å². The molecule has 0 aromatic heterocycles. The zero-order valence-electron chi connectivity index (χ0n) is 17.8. The van der Waals surface area contributed by atoms with E-state index in [4.69, 9.17) is 18.0 Å². The minimum atomic E-state index is 0.384. The Kier molecular flexibility index (Phi) is 8.54. The second kappa shape index (κ2) is 11.3. The first-order chi connectivity index (χ1) is 14.5. The van der Waals surface area contributed by atoms with Gasteiger partial charge in [-0.1, -0.05) is 47.7 Å². The molecular weight excluding hydrogens is 410 g/mol. The van der Waals surface area contributed by atoms with Crippen LogP contribution in [0.1, 0.15) is 19.3 Å². The Labute approximate surface area is 189 Å². The van der Waals surface area contributed by atoms with E-state index >= 15 is 0 Å². The molecule has 1 aromatic rings. The van der Waals surface area contributed by atoms with Crippen LogP contribution in [-0.4, -0.2) is 54.2 Å². The monoisotopic (exact) mass is 441 g/mol. The lowest BCUT2D eigenvalue weighted by Crippen LogP contribution is -2.41. The van der Waals surface area contributed by atoms with E-state index in [9.17, 15) is 0 Å². The first kappa shape index (κ1) is 22.6. The normalized spacial score (nSPS) is 17.8. The molecule has 30 heavy (non-hydrogen) atoms. The predicted molar refractivity (Wildman–Crippen MR) is 137 cm³/mol. The van der Waals surface area contributed by atoms with Crippen molar-refractivity contribution in [3.05, 3.63) is 60.2 Å². The maximum absolute atomic E-state index is 6.05. The summed E-state index contributed by atoms with van der Waals surface area (Å²) in [5, 5.41) is 4.02. The molecule has 7 heteroatoms. The van der Waals surface area contributed by atoms with Crippen LogP contribution in [-0.2, 0) is 0 Å². The number of nitrogens with zero attached hydrogens (tertiary/aromatic N) is 3. The number of anilines is 2. The smallest absolute Gasteiger partial charge is 0.199 e. The van der Waals surface area contributed by atoms with Crippen molar-refractivity contribution in [1.82, 2.24) is 4.90 Å². The van der Waals surface area contributed by atoms with Crippen LogP contribution >= 0.6 is 24.0 Å². The lowest BCUT2D eigenvalue weighted by Gasteiger charge is -2.36. The summed E-state index contributed by atoms with van der Waals surface area (Å²) in [5.41, 5.74) is 9.54. The van der Waals surface area contributed by atoms with E-state index in [1.807, 2.05) is 24.3 Å². The van der Waals surface area contributed by atoms with Crippen LogP contribution in [0.25, 0.3) is 0 Å². The van der Waals surface area contributed by atoms with Gasteiger partial charge < -0.3 is 20.9 Å². The molecule has 1 fully saturated rings. The maximum atomic E-state index is 6.05. The maximum Gasteiger partial charge on any atom is 0.199 e. The molecule has 160 valence electrons. The molecule has 1 aliphatic carbocycles. The zero-order chi connectivity index (χ0) is 21.3. The molecule has 3 N–H and O–H groups in total. The molecule has 1 heterocycles. The molecule has 0 bridgehead atoms. The fraction of sp³-hybridized carbons (Fsp3) is 0.391. The zero-order valence-corrected chi connectivity index (χ0v) is 19.4. The Balaban J connectivity index is 1.47. The Hall–Kier alpha value is -2.09. The Bertz CT molecular complexity index is 832. The largest absolute Gasteiger partial charge is 0.378 e. The highest BCUT2D eigenvalue weighted by Gasteiger charge is 2.20. The van der Waals surface area contributed by atoms with E-state index in [1.54, 1.807) is 0 Å². The van der Waals surface area contributed by atoms with E-state index in [-0.39, 0.29) is 0 Å². The number of thioether (sulfide) groups is 1. The summed E-state index contributed by atoms with van der Waals surface area (Å²) < 4.78 is 0. The number of thiocarbonyl (C=S) groups is 1. The second-order valence-corrected chi connectivity index (χ2v) is 9.12. The van der Waals surface area contributed by atoms with Gasteiger partial charge in [-0.2, -0.15) is 4.99 Å². The third-order valence-corrected chi connectivity index (χ3v) is 6.46. The minimum Gasteiger partial charge on any atom is -0.378 e. The van der Waals surface area contributed by atoms with Crippen molar-refractivity contribution >= 4 is 45.6 Å². The van der Waals surface area contributed by atoms with Crippen LogP contribution in [0.15, 0.2) is 65.2 Å². The van der Waals surface area contributed by atoms with Gasteiger partial charge >= 0.3 is 0 Å². The van der Waals surface area contributed by atoms with Gasteiger partial charge in [0.1, 0.15) is 0 Å². The van der Waals surface area contributed by atoms with Crippen molar-refractivity contribution in [2.45, 2.75) is 25.3 Å². The molecule has 2 aliphatic rings. The van der Waals surface area contributed by atoms with Crippen LogP contribution < -0.4 is 16.0 Å². The predicted octanol–water partition coefficient (Wildman–Crippen LogP) is 4.40. The van der Waals surface area contributed by atoms with E-state index in [0.29, 0.717) is 16.3 Å². The molecule has 0 unspecified atom stereocenters. The molecule has 0 saturated carbocycles. The van der Waals surface area contributed by atoms with Gasteiger partial charge in [0.25, 0.3) is 0 Å². The molecule has 1 aliphatic heterocycles. The van der Waals surface area contributed by atoms with Crippen LogP contribution in [0, 0.1) is 0 Å². The number of rotatable bonds is 5.